The Morgan fingerprint density at radius 3 is 0.632 bits per heavy atom. The highest BCUT2D eigenvalue weighted by molar-refractivity contribution is 7.59. The minimum absolute atomic E-state index is 0.0914. The van der Waals surface area contributed by atoms with E-state index in [1.807, 2.05) is 0 Å². The van der Waals surface area contributed by atoms with E-state index in [2.05, 4.69) is 4.91 Å². The zero-order valence-electron chi connectivity index (χ0n) is 47.4. The Morgan fingerprint density at radius 1 is 0.274 bits per heavy atom. The maximum Gasteiger partial charge on any atom is 0.459 e. The highest BCUT2D eigenvalue weighted by atomic mass is 31.2. The van der Waals surface area contributed by atoms with Crippen LogP contribution in [0.2, 0.25) is 0 Å². The van der Waals surface area contributed by atoms with Crippen molar-refractivity contribution in [1.82, 2.24) is 14.0 Å². The predicted molar refractivity (Wildman–Crippen MR) is 232 cm³/mol. The summed E-state index contributed by atoms with van der Waals surface area (Å²) >= 11 is 0. The molecule has 0 amide bonds. The van der Waals surface area contributed by atoms with Crippen LogP contribution in [-0.4, -0.2) is 202 Å². The van der Waals surface area contributed by atoms with E-state index in [9.17, 15) is 184 Å². The second-order valence-electron chi connectivity index (χ2n) is 19.9. The van der Waals surface area contributed by atoms with Crippen molar-refractivity contribution in [3.8, 4) is 0 Å². The van der Waals surface area contributed by atoms with Crippen LogP contribution in [0.15, 0.2) is 4.91 Å². The fourth-order valence-corrected chi connectivity index (χ4v) is 9.95. The van der Waals surface area contributed by atoms with Gasteiger partial charge < -0.3 is 23.7 Å². The molecule has 0 atom stereocenters. The van der Waals surface area contributed by atoms with Crippen molar-refractivity contribution in [3.05, 3.63) is 0 Å². The molecule has 0 unspecified atom stereocenters. The minimum atomic E-state index is -7.31. The highest BCUT2D eigenvalue weighted by Crippen LogP contribution is 2.63. The SMILES string of the molecule is CN(C)P(=NOCCCC(F)(F)C(F)(F)C(F)(F)F)(N(C)C)N(C(OCCCC(F)(F)C(F)(F)C(F)(F)F)OCCCC(F)(F)C(F)(F)C(F)(F)F)C(OCCCC(F)(F)C(F)(F)C(F)(F)F)(OCCCC(F)(F)C(F)(F)C(F)(F)F)OCCCC(F)(F)C(F)(F)C(F)(F)F. The molecule has 10 nitrogen and oxygen atoms in total. The van der Waals surface area contributed by atoms with E-state index in [-0.39, 0.29) is 9.34 Å². The molecule has 0 spiro atoms. The van der Waals surface area contributed by atoms with Crippen LogP contribution in [0.25, 0.3) is 0 Å². The lowest BCUT2D eigenvalue weighted by Gasteiger charge is -2.52. The van der Waals surface area contributed by atoms with Crippen LogP contribution >= 0.6 is 7.51 Å². The topological polar surface area (TPSA) is 77.5 Å². The average Bonchev–Trinajstić information content (AvgIpc) is 0.739. The zero-order valence-corrected chi connectivity index (χ0v) is 48.3. The summed E-state index contributed by atoms with van der Waals surface area (Å²) in [5, 5.41) is 0. The van der Waals surface area contributed by atoms with E-state index < -0.39 is 250 Å². The molecule has 95 heavy (non-hydrogen) atoms. The van der Waals surface area contributed by atoms with Gasteiger partial charge in [-0.15, -0.1) is 9.58 Å². The van der Waals surface area contributed by atoms with Crippen LogP contribution in [0.4, 0.5) is 184 Å². The maximum atomic E-state index is 14.7. The molecule has 0 aliphatic heterocycles. The summed E-state index contributed by atoms with van der Waals surface area (Å²) in [6.45, 7) is -14.0. The largest absolute Gasteiger partial charge is 0.459 e. The number of halogens is 42. The van der Waals surface area contributed by atoms with Crippen LogP contribution in [0, 0.1) is 0 Å². The third-order valence-electron chi connectivity index (χ3n) is 12.2. The van der Waals surface area contributed by atoms with Gasteiger partial charge in [-0.3, -0.25) is 4.84 Å². The highest BCUT2D eigenvalue weighted by Gasteiger charge is 2.77. The lowest BCUT2D eigenvalue weighted by atomic mass is 10.1. The number of rotatable bonds is 41. The fraction of sp³-hybridized carbons (Fsp3) is 1.00. The van der Waals surface area contributed by atoms with Gasteiger partial charge in [0.25, 0.3) is 0 Å². The molecule has 0 aliphatic carbocycles. The van der Waals surface area contributed by atoms with Crippen LogP contribution in [-0.2, 0) is 28.5 Å². The van der Waals surface area contributed by atoms with E-state index in [4.69, 9.17) is 28.5 Å². The Kier molecular flexibility index (Phi) is 30.0. The Morgan fingerprint density at radius 2 is 0.453 bits per heavy atom. The molecule has 0 heterocycles. The van der Waals surface area contributed by atoms with Gasteiger partial charge in [-0.25, -0.2) is 9.34 Å². The summed E-state index contributed by atoms with van der Waals surface area (Å²) in [4.78, 5) is 8.03. The van der Waals surface area contributed by atoms with Crippen LogP contribution in [0.5, 0.6) is 0 Å². The Labute approximate surface area is 505 Å². The molecule has 572 valence electrons. The number of hydrogen-bond donors (Lipinski definition) is 0. The van der Waals surface area contributed by atoms with Crippen molar-refractivity contribution in [3.63, 3.8) is 0 Å². The minimum Gasteiger partial charge on any atom is -0.339 e. The van der Waals surface area contributed by atoms with E-state index in [1.165, 1.54) is 0 Å². The Balaban J connectivity index is 9.72. The van der Waals surface area contributed by atoms with E-state index in [1.54, 1.807) is 0 Å². The molecule has 0 aromatic rings. The molecule has 0 N–H and O–H groups in total. The van der Waals surface area contributed by atoms with Gasteiger partial charge in [0, 0.05) is 38.5 Å². The molecule has 0 saturated carbocycles. The first-order chi connectivity index (χ1) is 41.6. The third kappa shape index (κ3) is 20.8. The first-order valence-electron chi connectivity index (χ1n) is 25.1. The van der Waals surface area contributed by atoms with Crippen LogP contribution < -0.4 is 0 Å². The van der Waals surface area contributed by atoms with Gasteiger partial charge in [-0.2, -0.15) is 184 Å². The summed E-state index contributed by atoms with van der Waals surface area (Å²) in [6.07, 6.45) is -83.9. The second kappa shape index (κ2) is 31.0. The molecule has 0 aromatic carbocycles. The summed E-state index contributed by atoms with van der Waals surface area (Å²) in [5.74, 6) is -81.7. The standard InChI is InChI=1S/C42H49F42N4O6P/c1-86(2)95(87(3)4,85-94-22-10-16-29(53,54)35(65,66)41(82,83)84)88(23(89-17-5-11-24(43,44)30(55,56)36(67,68)69)90-18-6-12-25(45,46)31(57,58)37(70,71)72)42(91-19-7-13-26(47,48)32(59,60)38(73,74)75,92-20-8-14-27(49,50)33(61,62)39(76,77)78)93-21-9-15-28(51,52)34(63,64)40(79,80)81/h23H,5-22H2,1-4H3. The molecular weight excluding hydrogens is 1490 g/mol. The normalized spacial score (nSPS) is 15.8. The average molecular weight is 1530 g/mol. The van der Waals surface area contributed by atoms with Crippen molar-refractivity contribution < 1.29 is 213 Å². The first-order valence-corrected chi connectivity index (χ1v) is 26.7. The van der Waals surface area contributed by atoms with Crippen molar-refractivity contribution in [2.75, 3.05) is 67.8 Å². The van der Waals surface area contributed by atoms with Gasteiger partial charge in [0.1, 0.15) is 0 Å². The van der Waals surface area contributed by atoms with E-state index in [0.717, 1.165) is 0 Å². The lowest BCUT2D eigenvalue weighted by molar-refractivity contribution is -0.461. The number of ether oxygens (including phenoxy) is 5. The van der Waals surface area contributed by atoms with Gasteiger partial charge in [0.2, 0.25) is 13.9 Å². The van der Waals surface area contributed by atoms with Gasteiger partial charge in [0.15, 0.2) is 0 Å². The number of alkyl halides is 42. The van der Waals surface area contributed by atoms with Crippen molar-refractivity contribution in [2.45, 2.75) is 198 Å². The Hall–Kier alpha value is -3.07. The van der Waals surface area contributed by atoms with Crippen molar-refractivity contribution in [2.24, 2.45) is 4.91 Å². The maximum absolute atomic E-state index is 14.7. The van der Waals surface area contributed by atoms with E-state index >= 15 is 0 Å². The third-order valence-corrected chi connectivity index (χ3v) is 15.7. The second-order valence-corrected chi connectivity index (χ2v) is 23.2. The summed E-state index contributed by atoms with van der Waals surface area (Å²) < 4.78 is 603. The molecule has 0 aromatic heterocycles. The molecule has 0 saturated heterocycles. The van der Waals surface area contributed by atoms with E-state index in [0.29, 0.717) is 28.2 Å². The summed E-state index contributed by atoms with van der Waals surface area (Å²) in [5.41, 5.74) is 0. The lowest BCUT2D eigenvalue weighted by Crippen LogP contribution is -2.61. The molecular formula is C42H49F42N4O6P. The van der Waals surface area contributed by atoms with Gasteiger partial charge in [-0.05, 0) is 66.7 Å². The molecule has 0 aliphatic rings. The van der Waals surface area contributed by atoms with Gasteiger partial charge in [-0.1, -0.05) is 0 Å². The molecule has 53 heteroatoms. The van der Waals surface area contributed by atoms with Gasteiger partial charge in [0.05, 0.1) is 39.6 Å². The molecule has 0 bridgehead atoms. The molecule has 0 rings (SSSR count). The quantitative estimate of drug-likeness (QED) is 0.0196. The molecule has 0 fully saturated rings. The Bertz CT molecular complexity index is 2240. The zero-order chi connectivity index (χ0) is 76.0. The number of nitrogens with zero attached hydrogens (tertiary/aromatic N) is 4. The first kappa shape index (κ1) is 91.9. The van der Waals surface area contributed by atoms with Crippen molar-refractivity contribution >= 4 is 7.51 Å². The van der Waals surface area contributed by atoms with Gasteiger partial charge >= 0.3 is 114 Å². The van der Waals surface area contributed by atoms with Crippen LogP contribution in [0.1, 0.15) is 77.0 Å². The summed E-state index contributed by atoms with van der Waals surface area (Å²) in [6, 6.07) is 0. The van der Waals surface area contributed by atoms with Crippen LogP contribution in [0.3, 0.4) is 0 Å². The molecule has 0 radical (unpaired) electrons. The fourth-order valence-electron chi connectivity index (χ4n) is 6.97. The number of hydrogen-bond acceptors (Lipinski definition) is 7. The van der Waals surface area contributed by atoms with Crippen molar-refractivity contribution in [1.29, 1.82) is 0 Å². The predicted octanol–water partition coefficient (Wildman–Crippen LogP) is 18.9. The monoisotopic (exact) mass is 1530 g/mol. The smallest absolute Gasteiger partial charge is 0.339 e. The summed E-state index contributed by atoms with van der Waals surface area (Å²) in [7, 11) is -4.68.